The SMILES string of the molecule is O=C(OC1C2OS(=O)(=O)C3C2OC1C3C(=O)OC(CS(=O)(=O)O)C(F)(F)F)c1c(Br)cc(Br)cc1Br. The van der Waals surface area contributed by atoms with E-state index < -0.39 is 85.8 Å². The Kier molecular flexibility index (Phi) is 7.38. The predicted octanol–water partition coefficient (Wildman–Crippen LogP) is 2.36. The third kappa shape index (κ3) is 5.21. The van der Waals surface area contributed by atoms with E-state index in [4.69, 9.17) is 18.2 Å². The maximum absolute atomic E-state index is 13.3. The monoisotopic (exact) mass is 750 g/mol. The highest BCUT2D eigenvalue weighted by molar-refractivity contribution is 9.11. The van der Waals surface area contributed by atoms with E-state index in [1.807, 2.05) is 0 Å². The number of esters is 2. The van der Waals surface area contributed by atoms with Gasteiger partial charge in [0.05, 0.1) is 5.56 Å². The molecule has 1 aromatic rings. The fraction of sp³-hybridized carbons (Fsp3) is 0.529. The number of carbonyl (C=O) groups is 2. The van der Waals surface area contributed by atoms with Crippen LogP contribution in [0.25, 0.3) is 0 Å². The summed E-state index contributed by atoms with van der Waals surface area (Å²) < 4.78 is 117. The summed E-state index contributed by atoms with van der Waals surface area (Å²) in [5, 5.41) is -1.78. The van der Waals surface area contributed by atoms with Crippen LogP contribution in [0.2, 0.25) is 0 Å². The summed E-state index contributed by atoms with van der Waals surface area (Å²) in [6, 6.07) is 3.02. The van der Waals surface area contributed by atoms with Crippen molar-refractivity contribution in [3.05, 3.63) is 31.1 Å². The van der Waals surface area contributed by atoms with E-state index >= 15 is 0 Å². The van der Waals surface area contributed by atoms with E-state index in [1.54, 1.807) is 0 Å². The number of carbonyl (C=O) groups excluding carboxylic acids is 2. The Balaban J connectivity index is 1.63. The Hall–Kier alpha value is -0.830. The molecule has 7 unspecified atom stereocenters. The fourth-order valence-corrected chi connectivity index (χ4v) is 9.31. The molecule has 0 radical (unpaired) electrons. The van der Waals surface area contributed by atoms with Crippen LogP contribution >= 0.6 is 47.8 Å². The van der Waals surface area contributed by atoms with Crippen LogP contribution in [-0.4, -0.2) is 81.0 Å². The van der Waals surface area contributed by atoms with Crippen molar-refractivity contribution in [1.29, 1.82) is 0 Å². The minimum atomic E-state index is -5.41. The molecule has 3 aliphatic rings. The fourth-order valence-electron chi connectivity index (χ4n) is 4.25. The summed E-state index contributed by atoms with van der Waals surface area (Å²) in [4.78, 5) is 25.6. The van der Waals surface area contributed by atoms with Crippen LogP contribution < -0.4 is 0 Å². The van der Waals surface area contributed by atoms with Crippen molar-refractivity contribution in [1.82, 2.24) is 0 Å². The Morgan fingerprint density at radius 3 is 2.22 bits per heavy atom. The molecular formula is C17H12Br3F3O11S2. The number of hydrogen-bond donors (Lipinski definition) is 1. The van der Waals surface area contributed by atoms with Crippen molar-refractivity contribution in [3.8, 4) is 0 Å². The third-order valence-corrected chi connectivity index (χ3v) is 9.76. The molecular weight excluding hydrogens is 741 g/mol. The number of fused-ring (bicyclic) bond motifs is 1. The standard InChI is InChI=1S/C17H12Br3F3O11S2/c18-4-1-5(19)8(6(20)2-4)15(24)33-11-10-9(14-13(32-10)12(11)34-36(14,29)30)16(25)31-7(17(21,22)23)3-35(26,27)28/h1-2,7,9-14H,3H2,(H,26,27,28). The van der Waals surface area contributed by atoms with Crippen LogP contribution in [0.4, 0.5) is 13.2 Å². The van der Waals surface area contributed by atoms with Crippen LogP contribution in [0, 0.1) is 5.92 Å². The van der Waals surface area contributed by atoms with Crippen LogP contribution in [0.15, 0.2) is 25.6 Å². The molecule has 1 N–H and O–H groups in total. The van der Waals surface area contributed by atoms with E-state index in [9.17, 15) is 39.6 Å². The highest BCUT2D eigenvalue weighted by Crippen LogP contribution is 2.52. The first-order chi connectivity index (χ1) is 16.4. The molecule has 0 spiro atoms. The summed E-state index contributed by atoms with van der Waals surface area (Å²) >= 11 is 9.59. The zero-order valence-corrected chi connectivity index (χ0v) is 23.4. The average Bonchev–Trinajstić information content (AvgIpc) is 3.27. The molecule has 19 heteroatoms. The normalized spacial score (nSPS) is 31.3. The van der Waals surface area contributed by atoms with Gasteiger partial charge in [-0.15, -0.1) is 0 Å². The number of alkyl halides is 3. The van der Waals surface area contributed by atoms with Crippen molar-refractivity contribution in [2.24, 2.45) is 5.92 Å². The lowest BCUT2D eigenvalue weighted by atomic mass is 9.84. The molecule has 1 aromatic carbocycles. The lowest BCUT2D eigenvalue weighted by Crippen LogP contribution is -2.51. The number of hydrogen-bond acceptors (Lipinski definition) is 10. The molecule has 4 rings (SSSR count). The molecule has 36 heavy (non-hydrogen) atoms. The van der Waals surface area contributed by atoms with Crippen LogP contribution in [-0.2, 0) is 43.4 Å². The number of benzene rings is 1. The molecule has 0 saturated carbocycles. The van der Waals surface area contributed by atoms with Crippen molar-refractivity contribution in [2.45, 2.75) is 41.9 Å². The molecule has 0 aliphatic carbocycles. The second-order valence-electron chi connectivity index (χ2n) is 7.94. The summed E-state index contributed by atoms with van der Waals surface area (Å²) in [5.41, 5.74) is -0.0252. The minimum absolute atomic E-state index is 0.0252. The quantitative estimate of drug-likeness (QED) is 0.258. The molecule has 200 valence electrons. The van der Waals surface area contributed by atoms with E-state index in [1.165, 1.54) is 12.1 Å². The average molecular weight is 753 g/mol. The van der Waals surface area contributed by atoms with Gasteiger partial charge < -0.3 is 14.2 Å². The smallest absolute Gasteiger partial charge is 0.426 e. The summed E-state index contributed by atoms with van der Waals surface area (Å²) in [7, 11) is -9.82. The Labute approximate surface area is 226 Å². The van der Waals surface area contributed by atoms with Gasteiger partial charge in [0.2, 0.25) is 6.10 Å². The minimum Gasteiger partial charge on any atom is -0.453 e. The summed E-state index contributed by atoms with van der Waals surface area (Å²) in [5.74, 6) is -6.74. The zero-order valence-electron chi connectivity index (χ0n) is 17.0. The van der Waals surface area contributed by atoms with Crippen LogP contribution in [0.1, 0.15) is 10.4 Å². The van der Waals surface area contributed by atoms with Gasteiger partial charge >= 0.3 is 18.1 Å². The Morgan fingerprint density at radius 1 is 1.11 bits per heavy atom. The topological polar surface area (TPSA) is 160 Å². The van der Waals surface area contributed by atoms with Gasteiger partial charge in [-0.3, -0.25) is 13.5 Å². The van der Waals surface area contributed by atoms with E-state index in [0.717, 1.165) is 0 Å². The van der Waals surface area contributed by atoms with Crippen LogP contribution in [0.5, 0.6) is 0 Å². The maximum atomic E-state index is 13.3. The van der Waals surface area contributed by atoms with Crippen LogP contribution in [0.3, 0.4) is 0 Å². The third-order valence-electron chi connectivity index (χ3n) is 5.61. The summed E-state index contributed by atoms with van der Waals surface area (Å²) in [6.07, 6.45) is -14.6. The lowest BCUT2D eigenvalue weighted by molar-refractivity contribution is -0.218. The number of halogens is 6. The van der Waals surface area contributed by atoms with E-state index in [-0.39, 0.29) is 14.5 Å². The maximum Gasteiger partial charge on any atom is 0.426 e. The molecule has 3 saturated heterocycles. The van der Waals surface area contributed by atoms with Gasteiger partial charge in [-0.25, -0.2) is 4.79 Å². The number of ether oxygens (including phenoxy) is 3. The first-order valence-electron chi connectivity index (χ1n) is 9.56. The Bertz CT molecular complexity index is 1310. The first kappa shape index (κ1) is 28.2. The predicted molar refractivity (Wildman–Crippen MR) is 121 cm³/mol. The molecule has 0 amide bonds. The molecule has 7 atom stereocenters. The first-order valence-corrected chi connectivity index (χ1v) is 15.0. The molecule has 3 aliphatic heterocycles. The van der Waals surface area contributed by atoms with Gasteiger partial charge in [0, 0.05) is 13.4 Å². The molecule has 11 nitrogen and oxygen atoms in total. The van der Waals surface area contributed by atoms with Gasteiger partial charge in [-0.1, -0.05) is 15.9 Å². The highest BCUT2D eigenvalue weighted by atomic mass is 79.9. The highest BCUT2D eigenvalue weighted by Gasteiger charge is 2.74. The largest absolute Gasteiger partial charge is 0.453 e. The second kappa shape index (κ2) is 9.42. The van der Waals surface area contributed by atoms with Gasteiger partial charge in [0.15, 0.2) is 6.10 Å². The molecule has 3 heterocycles. The van der Waals surface area contributed by atoms with Crippen molar-refractivity contribution >= 4 is 80.0 Å². The van der Waals surface area contributed by atoms with E-state index in [0.29, 0.717) is 4.47 Å². The van der Waals surface area contributed by atoms with Gasteiger partial charge in [0.1, 0.15) is 35.2 Å². The zero-order chi connectivity index (χ0) is 27.0. The van der Waals surface area contributed by atoms with Crippen molar-refractivity contribution in [2.75, 3.05) is 5.75 Å². The lowest BCUT2D eigenvalue weighted by Gasteiger charge is -2.29. The van der Waals surface area contributed by atoms with Crippen molar-refractivity contribution < 1.29 is 62.5 Å². The number of rotatable bonds is 6. The Morgan fingerprint density at radius 2 is 1.69 bits per heavy atom. The van der Waals surface area contributed by atoms with Crippen molar-refractivity contribution in [3.63, 3.8) is 0 Å². The second-order valence-corrected chi connectivity index (χ2v) is 13.8. The summed E-state index contributed by atoms with van der Waals surface area (Å²) in [6.45, 7) is 0. The van der Waals surface area contributed by atoms with Gasteiger partial charge in [0.25, 0.3) is 20.2 Å². The molecule has 2 bridgehead atoms. The van der Waals surface area contributed by atoms with Gasteiger partial charge in [-0.2, -0.15) is 30.0 Å². The molecule has 0 aromatic heterocycles. The molecule has 3 fully saturated rings. The van der Waals surface area contributed by atoms with Gasteiger partial charge in [-0.05, 0) is 44.0 Å². The van der Waals surface area contributed by atoms with E-state index in [2.05, 4.69) is 52.5 Å².